The summed E-state index contributed by atoms with van der Waals surface area (Å²) in [6, 6.07) is 2.23. The van der Waals surface area contributed by atoms with Crippen molar-refractivity contribution in [3.8, 4) is 0 Å². The lowest BCUT2D eigenvalue weighted by Gasteiger charge is -2.32. The number of carbonyl (C=O) groups is 3. The summed E-state index contributed by atoms with van der Waals surface area (Å²) in [4.78, 5) is 48.5. The molecule has 0 spiro atoms. The van der Waals surface area contributed by atoms with E-state index in [0.717, 1.165) is 27.4 Å². The zero-order valence-electron chi connectivity index (χ0n) is 15.0. The van der Waals surface area contributed by atoms with Crippen LogP contribution < -0.4 is 4.90 Å². The van der Waals surface area contributed by atoms with Gasteiger partial charge in [0.05, 0.1) is 49.7 Å². The standard InChI is InChI=1S/C16H15IN2O9/c1-25-14(20)9-4-8(19(23)24)5-11(17)12(9)18-7-28-6-10(15(21)26-2)13(18)16(22)27-3/h4-5H,6-7H2,1-3H3. The second kappa shape index (κ2) is 8.97. The van der Waals surface area contributed by atoms with Crippen LogP contribution in [0.3, 0.4) is 0 Å². The van der Waals surface area contributed by atoms with E-state index in [-0.39, 0.29) is 45.1 Å². The van der Waals surface area contributed by atoms with Gasteiger partial charge in [-0.25, -0.2) is 14.4 Å². The molecule has 0 aromatic heterocycles. The number of esters is 3. The van der Waals surface area contributed by atoms with Gasteiger partial charge in [-0.15, -0.1) is 0 Å². The number of hydrogen-bond donors (Lipinski definition) is 0. The molecular weight excluding hydrogens is 491 g/mol. The average molecular weight is 506 g/mol. The molecule has 0 N–H and O–H groups in total. The number of benzene rings is 1. The monoisotopic (exact) mass is 506 g/mol. The number of halogens is 1. The number of nitro groups is 1. The Bertz CT molecular complexity index is 881. The minimum absolute atomic E-state index is 0.0968. The highest BCUT2D eigenvalue weighted by Gasteiger charge is 2.36. The molecule has 0 bridgehead atoms. The summed E-state index contributed by atoms with van der Waals surface area (Å²) in [7, 11) is 3.38. The molecule has 1 aliphatic heterocycles. The molecule has 11 nitrogen and oxygen atoms in total. The molecule has 12 heteroatoms. The minimum atomic E-state index is -0.869. The van der Waals surface area contributed by atoms with E-state index >= 15 is 0 Å². The highest BCUT2D eigenvalue weighted by molar-refractivity contribution is 14.1. The molecule has 0 atom stereocenters. The third-order valence-electron chi connectivity index (χ3n) is 3.77. The van der Waals surface area contributed by atoms with Crippen molar-refractivity contribution >= 4 is 51.9 Å². The number of non-ortho nitro benzene ring substituents is 1. The first-order valence-electron chi connectivity index (χ1n) is 7.58. The average Bonchev–Trinajstić information content (AvgIpc) is 2.70. The quantitative estimate of drug-likeness (QED) is 0.190. The summed E-state index contributed by atoms with van der Waals surface area (Å²) in [6.45, 7) is -0.437. The number of anilines is 1. The first-order valence-corrected chi connectivity index (χ1v) is 8.66. The van der Waals surface area contributed by atoms with E-state index in [1.54, 1.807) is 22.6 Å². The van der Waals surface area contributed by atoms with Crippen molar-refractivity contribution in [3.05, 3.63) is 42.7 Å². The van der Waals surface area contributed by atoms with Gasteiger partial charge in [-0.05, 0) is 22.6 Å². The molecule has 0 radical (unpaired) electrons. The highest BCUT2D eigenvalue weighted by atomic mass is 127. The summed E-state index contributed by atoms with van der Waals surface area (Å²) in [6.07, 6.45) is 0. The summed E-state index contributed by atoms with van der Waals surface area (Å²) in [5.74, 6) is -2.55. The maximum Gasteiger partial charge on any atom is 0.355 e. The Morgan fingerprint density at radius 1 is 1.11 bits per heavy atom. The fraction of sp³-hybridized carbons (Fsp3) is 0.312. The van der Waals surface area contributed by atoms with E-state index < -0.39 is 22.8 Å². The highest BCUT2D eigenvalue weighted by Crippen LogP contribution is 2.36. The maximum absolute atomic E-state index is 12.4. The SMILES string of the molecule is COC(=O)C1=C(C(=O)OC)N(c2c(I)cc([N+](=O)[O-])cc2C(=O)OC)COC1. The predicted octanol–water partition coefficient (Wildman–Crippen LogP) is 1.38. The summed E-state index contributed by atoms with van der Waals surface area (Å²) < 4.78 is 19.8. The van der Waals surface area contributed by atoms with Gasteiger partial charge >= 0.3 is 17.9 Å². The lowest BCUT2D eigenvalue weighted by Crippen LogP contribution is -2.40. The summed E-state index contributed by atoms with van der Waals surface area (Å²) in [5, 5.41) is 11.2. The van der Waals surface area contributed by atoms with Gasteiger partial charge in [0.2, 0.25) is 0 Å². The van der Waals surface area contributed by atoms with E-state index in [1.165, 1.54) is 11.0 Å². The van der Waals surface area contributed by atoms with Crippen LogP contribution in [-0.4, -0.2) is 57.5 Å². The van der Waals surface area contributed by atoms with Gasteiger partial charge in [0.1, 0.15) is 12.4 Å². The lowest BCUT2D eigenvalue weighted by atomic mass is 10.1. The van der Waals surface area contributed by atoms with Crippen LogP contribution in [0.15, 0.2) is 23.4 Å². The van der Waals surface area contributed by atoms with Crippen LogP contribution in [-0.2, 0) is 28.5 Å². The largest absolute Gasteiger partial charge is 0.466 e. The molecule has 0 fully saturated rings. The van der Waals surface area contributed by atoms with Crippen molar-refractivity contribution in [3.63, 3.8) is 0 Å². The smallest absolute Gasteiger partial charge is 0.355 e. The van der Waals surface area contributed by atoms with Crippen LogP contribution in [0, 0.1) is 13.7 Å². The second-order valence-electron chi connectivity index (χ2n) is 5.29. The Balaban J connectivity index is 2.80. The van der Waals surface area contributed by atoms with Gasteiger partial charge < -0.3 is 23.8 Å². The van der Waals surface area contributed by atoms with Crippen LogP contribution in [0.4, 0.5) is 11.4 Å². The van der Waals surface area contributed by atoms with Crippen LogP contribution in [0.2, 0.25) is 0 Å². The van der Waals surface area contributed by atoms with E-state index in [9.17, 15) is 24.5 Å². The molecule has 150 valence electrons. The van der Waals surface area contributed by atoms with Crippen molar-refractivity contribution < 1.29 is 38.3 Å². The third-order valence-corrected chi connectivity index (χ3v) is 4.59. The Hall–Kier alpha value is -2.74. The first kappa shape index (κ1) is 21.6. The molecule has 0 unspecified atom stereocenters. The van der Waals surface area contributed by atoms with Crippen molar-refractivity contribution in [1.29, 1.82) is 0 Å². The predicted molar refractivity (Wildman–Crippen MR) is 102 cm³/mol. The minimum Gasteiger partial charge on any atom is -0.466 e. The normalized spacial score (nSPS) is 13.8. The fourth-order valence-corrected chi connectivity index (χ4v) is 3.45. The van der Waals surface area contributed by atoms with Crippen molar-refractivity contribution in [2.75, 3.05) is 39.6 Å². The van der Waals surface area contributed by atoms with Crippen LogP contribution in [0.5, 0.6) is 0 Å². The number of nitro benzene ring substituents is 1. The molecule has 0 saturated carbocycles. The Morgan fingerprint density at radius 2 is 1.71 bits per heavy atom. The zero-order chi connectivity index (χ0) is 21.0. The molecule has 2 rings (SSSR count). The topological polar surface area (TPSA) is 135 Å². The summed E-state index contributed by atoms with van der Waals surface area (Å²) >= 11 is 1.78. The molecule has 1 aromatic carbocycles. The third kappa shape index (κ3) is 4.06. The van der Waals surface area contributed by atoms with Gasteiger partial charge in [0.15, 0.2) is 0 Å². The molecule has 0 saturated heterocycles. The molecule has 28 heavy (non-hydrogen) atoms. The molecule has 0 amide bonds. The molecule has 1 aliphatic rings. The van der Waals surface area contributed by atoms with Gasteiger partial charge in [-0.2, -0.15) is 0 Å². The van der Waals surface area contributed by atoms with Crippen LogP contribution in [0.1, 0.15) is 10.4 Å². The number of ether oxygens (including phenoxy) is 4. The fourth-order valence-electron chi connectivity index (χ4n) is 2.55. The molecule has 0 aliphatic carbocycles. The number of rotatable bonds is 5. The second-order valence-corrected chi connectivity index (χ2v) is 6.45. The van der Waals surface area contributed by atoms with Gasteiger partial charge in [0, 0.05) is 15.7 Å². The van der Waals surface area contributed by atoms with Gasteiger partial charge in [0.25, 0.3) is 5.69 Å². The zero-order valence-corrected chi connectivity index (χ0v) is 17.2. The van der Waals surface area contributed by atoms with E-state index in [1.807, 2.05) is 0 Å². The van der Waals surface area contributed by atoms with Crippen LogP contribution >= 0.6 is 22.6 Å². The molecule has 1 aromatic rings. The number of hydrogen-bond acceptors (Lipinski definition) is 10. The molecular formula is C16H15IN2O9. The lowest BCUT2D eigenvalue weighted by molar-refractivity contribution is -0.385. The van der Waals surface area contributed by atoms with Gasteiger partial charge in [-0.1, -0.05) is 0 Å². The Morgan fingerprint density at radius 3 is 2.25 bits per heavy atom. The van der Waals surface area contributed by atoms with Crippen LogP contribution in [0.25, 0.3) is 0 Å². The van der Waals surface area contributed by atoms with E-state index in [4.69, 9.17) is 14.2 Å². The van der Waals surface area contributed by atoms with E-state index in [2.05, 4.69) is 4.74 Å². The van der Waals surface area contributed by atoms with Crippen molar-refractivity contribution in [1.82, 2.24) is 0 Å². The number of nitrogens with zero attached hydrogens (tertiary/aromatic N) is 2. The number of methoxy groups -OCH3 is 3. The first-order chi connectivity index (χ1) is 13.3. The number of carbonyl (C=O) groups excluding carboxylic acids is 3. The maximum atomic E-state index is 12.4. The Labute approximate surface area is 172 Å². The van der Waals surface area contributed by atoms with E-state index in [0.29, 0.717) is 0 Å². The Kier molecular flexibility index (Phi) is 6.90. The van der Waals surface area contributed by atoms with Gasteiger partial charge in [-0.3, -0.25) is 10.1 Å². The molecule has 1 heterocycles. The van der Waals surface area contributed by atoms with Crippen molar-refractivity contribution in [2.24, 2.45) is 0 Å². The van der Waals surface area contributed by atoms with Crippen molar-refractivity contribution in [2.45, 2.75) is 0 Å². The summed E-state index contributed by atoms with van der Waals surface area (Å²) in [5.41, 5.74) is -0.747.